The fourth-order valence-corrected chi connectivity index (χ4v) is 2.67. The second-order valence-corrected chi connectivity index (χ2v) is 6.54. The average molecular weight is 544 g/mol. The quantitative estimate of drug-likeness (QED) is 0.184. The van der Waals surface area contributed by atoms with E-state index < -0.39 is 0 Å². The summed E-state index contributed by atoms with van der Waals surface area (Å²) in [6, 6.07) is 10.0. The Balaban J connectivity index is 0.00000480. The molecule has 0 fully saturated rings. The molecule has 0 saturated carbocycles. The molecule has 0 spiro atoms. The first-order valence-corrected chi connectivity index (χ1v) is 9.89. The first kappa shape index (κ1) is 26.9. The average Bonchev–Trinajstić information content (AvgIpc) is 2.76. The van der Waals surface area contributed by atoms with Gasteiger partial charge in [-0.1, -0.05) is 18.2 Å². The molecule has 1 heterocycles. The number of guanidine groups is 1. The third kappa shape index (κ3) is 9.70. The third-order valence-electron chi connectivity index (χ3n) is 4.26. The smallest absolute Gasteiger partial charge is 0.218 e. The fourth-order valence-electron chi connectivity index (χ4n) is 2.67. The minimum atomic E-state index is 0. The van der Waals surface area contributed by atoms with Gasteiger partial charge in [0.1, 0.15) is 19.0 Å². The normalized spacial score (nSPS) is 10.9. The molecule has 0 unspecified atom stereocenters. The van der Waals surface area contributed by atoms with Gasteiger partial charge in [-0.15, -0.1) is 24.0 Å². The largest absolute Gasteiger partial charge is 0.491 e. The van der Waals surface area contributed by atoms with Crippen LogP contribution in [0, 0.1) is 6.92 Å². The number of halogens is 1. The Hall–Kier alpha value is -2.11. The molecule has 172 valence electrons. The van der Waals surface area contributed by atoms with E-state index in [1.54, 1.807) is 27.5 Å². The number of methoxy groups -OCH3 is 2. The minimum absolute atomic E-state index is 0. The Labute approximate surface area is 201 Å². The highest BCUT2D eigenvalue weighted by Gasteiger charge is 2.08. The number of benzene rings is 1. The first-order valence-electron chi connectivity index (χ1n) is 9.89. The standard InChI is InChI=1S/C22H32N4O4.HI/c1-17-7-8-18(20(14-17)29-12-10-27-3)15-25-22(23-2)26-16-19-6-5-9-24-21(19)30-13-11-28-4;/h5-9,14H,10-13,15-16H2,1-4H3,(H2,23,25,26);1H. The van der Waals surface area contributed by atoms with Crippen molar-refractivity contribution in [2.24, 2.45) is 4.99 Å². The molecule has 0 radical (unpaired) electrons. The van der Waals surface area contributed by atoms with Crippen molar-refractivity contribution < 1.29 is 18.9 Å². The summed E-state index contributed by atoms with van der Waals surface area (Å²) in [5, 5.41) is 6.62. The van der Waals surface area contributed by atoms with Crippen molar-refractivity contribution in [2.75, 3.05) is 47.7 Å². The minimum Gasteiger partial charge on any atom is -0.491 e. The van der Waals surface area contributed by atoms with Gasteiger partial charge in [0.25, 0.3) is 0 Å². The van der Waals surface area contributed by atoms with E-state index in [1.807, 2.05) is 25.1 Å². The van der Waals surface area contributed by atoms with Crippen LogP contribution in [-0.4, -0.2) is 58.6 Å². The van der Waals surface area contributed by atoms with E-state index in [9.17, 15) is 0 Å². The monoisotopic (exact) mass is 544 g/mol. The predicted molar refractivity (Wildman–Crippen MR) is 133 cm³/mol. The molecule has 2 N–H and O–H groups in total. The zero-order valence-electron chi connectivity index (χ0n) is 18.6. The number of aliphatic imine (C=N–C) groups is 1. The molecular formula is C22H33IN4O4. The number of nitrogens with one attached hydrogen (secondary N) is 2. The van der Waals surface area contributed by atoms with E-state index in [0.29, 0.717) is 51.4 Å². The van der Waals surface area contributed by atoms with Crippen molar-refractivity contribution in [3.63, 3.8) is 0 Å². The highest BCUT2D eigenvalue weighted by atomic mass is 127. The molecule has 0 aliphatic rings. The Morgan fingerprint density at radius 1 is 0.935 bits per heavy atom. The van der Waals surface area contributed by atoms with E-state index >= 15 is 0 Å². The van der Waals surface area contributed by atoms with Gasteiger partial charge in [0.05, 0.1) is 13.2 Å². The van der Waals surface area contributed by atoms with E-state index in [0.717, 1.165) is 22.4 Å². The van der Waals surface area contributed by atoms with E-state index in [2.05, 4.69) is 32.7 Å². The zero-order valence-corrected chi connectivity index (χ0v) is 21.0. The van der Waals surface area contributed by atoms with Crippen LogP contribution in [0.15, 0.2) is 41.5 Å². The van der Waals surface area contributed by atoms with Crippen LogP contribution in [0.2, 0.25) is 0 Å². The molecule has 0 atom stereocenters. The van der Waals surface area contributed by atoms with Crippen LogP contribution >= 0.6 is 24.0 Å². The number of aryl methyl sites for hydroxylation is 1. The van der Waals surface area contributed by atoms with Gasteiger partial charge >= 0.3 is 0 Å². The number of nitrogens with zero attached hydrogens (tertiary/aromatic N) is 2. The van der Waals surface area contributed by atoms with Crippen LogP contribution in [0.4, 0.5) is 0 Å². The van der Waals surface area contributed by atoms with E-state index in [4.69, 9.17) is 18.9 Å². The van der Waals surface area contributed by atoms with Crippen molar-refractivity contribution in [2.45, 2.75) is 20.0 Å². The lowest BCUT2D eigenvalue weighted by Crippen LogP contribution is -2.36. The highest BCUT2D eigenvalue weighted by molar-refractivity contribution is 14.0. The Morgan fingerprint density at radius 3 is 2.29 bits per heavy atom. The predicted octanol–water partition coefficient (Wildman–Crippen LogP) is 2.92. The number of rotatable bonds is 12. The maximum absolute atomic E-state index is 5.86. The van der Waals surface area contributed by atoms with Crippen molar-refractivity contribution in [3.05, 3.63) is 53.2 Å². The lowest BCUT2D eigenvalue weighted by molar-refractivity contribution is 0.143. The van der Waals surface area contributed by atoms with Gasteiger partial charge in [-0.3, -0.25) is 4.99 Å². The Kier molecular flexibility index (Phi) is 13.6. The summed E-state index contributed by atoms with van der Waals surface area (Å²) in [6.07, 6.45) is 1.71. The maximum atomic E-state index is 5.86. The molecule has 2 aromatic rings. The van der Waals surface area contributed by atoms with Crippen LogP contribution in [0.25, 0.3) is 0 Å². The lowest BCUT2D eigenvalue weighted by atomic mass is 10.1. The second-order valence-electron chi connectivity index (χ2n) is 6.54. The maximum Gasteiger partial charge on any atom is 0.218 e. The summed E-state index contributed by atoms with van der Waals surface area (Å²) in [4.78, 5) is 8.60. The van der Waals surface area contributed by atoms with E-state index in [-0.39, 0.29) is 24.0 Å². The van der Waals surface area contributed by atoms with Crippen LogP contribution in [0.3, 0.4) is 0 Å². The molecule has 0 aliphatic heterocycles. The number of aromatic nitrogens is 1. The van der Waals surface area contributed by atoms with Gasteiger partial charge in [-0.25, -0.2) is 4.98 Å². The van der Waals surface area contributed by atoms with Gasteiger partial charge in [0, 0.05) is 51.7 Å². The first-order chi connectivity index (χ1) is 14.7. The van der Waals surface area contributed by atoms with Crippen molar-refractivity contribution in [1.29, 1.82) is 0 Å². The molecule has 1 aromatic carbocycles. The molecule has 0 bridgehead atoms. The van der Waals surface area contributed by atoms with Gasteiger partial charge in [0.15, 0.2) is 5.96 Å². The second kappa shape index (κ2) is 15.7. The molecule has 0 aliphatic carbocycles. The summed E-state index contributed by atoms with van der Waals surface area (Å²) >= 11 is 0. The molecule has 8 nitrogen and oxygen atoms in total. The van der Waals surface area contributed by atoms with E-state index in [1.165, 1.54) is 0 Å². The molecule has 1 aromatic heterocycles. The SMILES string of the molecule is CN=C(NCc1ccc(C)cc1OCCOC)NCc1cccnc1OCCOC.I. The fraction of sp³-hybridized carbons (Fsp3) is 0.455. The van der Waals surface area contributed by atoms with Crippen LogP contribution in [0.5, 0.6) is 11.6 Å². The Morgan fingerprint density at radius 2 is 1.61 bits per heavy atom. The molecule has 0 saturated heterocycles. The summed E-state index contributed by atoms with van der Waals surface area (Å²) in [6.45, 7) is 5.16. The van der Waals surface area contributed by atoms with Crippen molar-refractivity contribution >= 4 is 29.9 Å². The zero-order chi connectivity index (χ0) is 21.6. The van der Waals surface area contributed by atoms with Crippen molar-refractivity contribution in [3.8, 4) is 11.6 Å². The highest BCUT2D eigenvalue weighted by Crippen LogP contribution is 2.20. The van der Waals surface area contributed by atoms with Crippen LogP contribution < -0.4 is 20.1 Å². The number of ether oxygens (including phenoxy) is 4. The third-order valence-corrected chi connectivity index (χ3v) is 4.26. The number of pyridine rings is 1. The van der Waals surface area contributed by atoms with Gasteiger partial charge < -0.3 is 29.6 Å². The van der Waals surface area contributed by atoms with Gasteiger partial charge in [-0.2, -0.15) is 0 Å². The topological polar surface area (TPSA) is 86.2 Å². The molecule has 0 amide bonds. The summed E-state index contributed by atoms with van der Waals surface area (Å²) in [5.74, 6) is 2.10. The summed E-state index contributed by atoms with van der Waals surface area (Å²) in [5.41, 5.74) is 3.13. The van der Waals surface area contributed by atoms with Gasteiger partial charge in [0.2, 0.25) is 5.88 Å². The molecule has 31 heavy (non-hydrogen) atoms. The number of hydrogen-bond acceptors (Lipinski definition) is 6. The van der Waals surface area contributed by atoms with Crippen LogP contribution in [0.1, 0.15) is 16.7 Å². The van der Waals surface area contributed by atoms with Crippen LogP contribution in [-0.2, 0) is 22.6 Å². The number of hydrogen-bond donors (Lipinski definition) is 2. The van der Waals surface area contributed by atoms with Crippen molar-refractivity contribution in [1.82, 2.24) is 15.6 Å². The molecule has 9 heteroatoms. The lowest BCUT2D eigenvalue weighted by Gasteiger charge is -2.16. The molecule has 2 rings (SSSR count). The van der Waals surface area contributed by atoms with Gasteiger partial charge in [-0.05, 0) is 24.6 Å². The molecular weight excluding hydrogens is 511 g/mol. The summed E-state index contributed by atoms with van der Waals surface area (Å²) < 4.78 is 21.6. The Bertz CT molecular complexity index is 805. The summed E-state index contributed by atoms with van der Waals surface area (Å²) in [7, 11) is 5.04.